The first kappa shape index (κ1) is 34.9. The van der Waals surface area contributed by atoms with Gasteiger partial charge in [-0.25, -0.2) is 14.8 Å². The van der Waals surface area contributed by atoms with E-state index in [0.29, 0.717) is 0 Å². The van der Waals surface area contributed by atoms with Crippen LogP contribution in [-0.2, 0) is 38.1 Å². The van der Waals surface area contributed by atoms with Gasteiger partial charge in [0.25, 0.3) is 5.91 Å². The second-order valence-corrected chi connectivity index (χ2v) is 10.5. The number of aliphatic carboxylic acids is 1. The van der Waals surface area contributed by atoms with Crippen LogP contribution in [0.4, 0.5) is 32.3 Å². The largest absolute Gasteiger partial charge is 0.480 e. The van der Waals surface area contributed by atoms with Gasteiger partial charge in [-0.2, -0.15) is 26.3 Å². The molecule has 1 atom stereocenters. The minimum absolute atomic E-state index is 0.0361. The van der Waals surface area contributed by atoms with Gasteiger partial charge >= 0.3 is 18.3 Å². The number of hydrogen-bond acceptors (Lipinski definition) is 7. The lowest BCUT2D eigenvalue weighted by molar-refractivity contribution is -0.143. The summed E-state index contributed by atoms with van der Waals surface area (Å²) in [5.74, 6) is -4.17. The van der Waals surface area contributed by atoms with Crippen molar-refractivity contribution >= 4 is 29.8 Å². The van der Waals surface area contributed by atoms with Gasteiger partial charge in [0.15, 0.2) is 6.04 Å². The number of alkyl halides is 6. The number of amides is 2. The highest BCUT2D eigenvalue weighted by Gasteiger charge is 2.35. The molecule has 1 fully saturated rings. The van der Waals surface area contributed by atoms with Crippen LogP contribution in [0.15, 0.2) is 72.6 Å². The van der Waals surface area contributed by atoms with E-state index in [2.05, 4.69) is 20.6 Å². The van der Waals surface area contributed by atoms with Crippen molar-refractivity contribution in [2.75, 3.05) is 24.6 Å². The molecule has 4 rings (SSSR count). The molecule has 1 aromatic heterocycles. The van der Waals surface area contributed by atoms with Gasteiger partial charge < -0.3 is 25.4 Å². The molecule has 1 saturated heterocycles. The molecule has 0 spiro atoms. The van der Waals surface area contributed by atoms with Crippen LogP contribution in [0.25, 0.3) is 6.08 Å². The van der Waals surface area contributed by atoms with Gasteiger partial charge in [0.1, 0.15) is 11.4 Å². The van der Waals surface area contributed by atoms with E-state index in [1.807, 2.05) is 0 Å². The summed E-state index contributed by atoms with van der Waals surface area (Å²) in [5.41, 5.74) is -2.02. The molecule has 2 amide bonds. The maximum Gasteiger partial charge on any atom is 0.433 e. The van der Waals surface area contributed by atoms with Crippen molar-refractivity contribution in [1.82, 2.24) is 20.6 Å². The Morgan fingerprint density at radius 3 is 2.32 bits per heavy atom. The zero-order valence-corrected chi connectivity index (χ0v) is 24.5. The summed E-state index contributed by atoms with van der Waals surface area (Å²) in [6, 6.07) is 11.9. The molecule has 2 aromatic carbocycles. The third-order valence-electron chi connectivity index (χ3n) is 7.11. The topological polar surface area (TPSA) is 134 Å². The number of ether oxygens (including phenoxy) is 1. The standard InChI is InChI=1S/C31H29F6N5O5/c32-30(33,34)22-8-4-7-20(15-22)16-23(27(44)40-24(28(45)46)18-47-17-19-5-2-1-3-6-19)39-26(43)21-10-13-42(14-11-21)29-38-12-9-25(41-29)31(35,36)37/h1-9,12,15-16,21,24H,10-11,13-14,17-18H2,(H,39,43)(H,40,44)(H,45,46)/b23-16+/t24-/m1/s1. The Morgan fingerprint density at radius 1 is 0.979 bits per heavy atom. The van der Waals surface area contributed by atoms with Crippen molar-refractivity contribution in [3.63, 3.8) is 0 Å². The van der Waals surface area contributed by atoms with Crippen LogP contribution in [0.3, 0.4) is 0 Å². The van der Waals surface area contributed by atoms with Crippen molar-refractivity contribution < 1.29 is 50.6 Å². The molecular weight excluding hydrogens is 636 g/mol. The molecule has 16 heteroatoms. The first-order valence-corrected chi connectivity index (χ1v) is 14.2. The predicted octanol–water partition coefficient (Wildman–Crippen LogP) is 4.67. The Bertz CT molecular complexity index is 1590. The van der Waals surface area contributed by atoms with Crippen LogP contribution in [0.5, 0.6) is 0 Å². The number of hydrogen-bond donors (Lipinski definition) is 3. The summed E-state index contributed by atoms with van der Waals surface area (Å²) in [6.45, 7) is -0.235. The minimum Gasteiger partial charge on any atom is -0.480 e. The van der Waals surface area contributed by atoms with Gasteiger partial charge in [-0.3, -0.25) is 9.59 Å². The number of nitrogens with zero attached hydrogens (tertiary/aromatic N) is 3. The van der Waals surface area contributed by atoms with Crippen LogP contribution in [0.1, 0.15) is 35.2 Å². The molecule has 0 unspecified atom stereocenters. The smallest absolute Gasteiger partial charge is 0.433 e. The molecule has 0 radical (unpaired) electrons. The Balaban J connectivity index is 1.48. The molecule has 0 aliphatic carbocycles. The number of carbonyl (C=O) groups is 3. The minimum atomic E-state index is -4.70. The highest BCUT2D eigenvalue weighted by molar-refractivity contribution is 6.03. The van der Waals surface area contributed by atoms with Gasteiger partial charge in [0, 0.05) is 25.2 Å². The van der Waals surface area contributed by atoms with Gasteiger partial charge in [-0.15, -0.1) is 0 Å². The monoisotopic (exact) mass is 665 g/mol. The molecule has 47 heavy (non-hydrogen) atoms. The number of halogens is 6. The second kappa shape index (κ2) is 15.1. The van der Waals surface area contributed by atoms with Crippen LogP contribution in [-0.4, -0.2) is 58.6 Å². The van der Waals surface area contributed by atoms with Gasteiger partial charge in [-0.1, -0.05) is 42.5 Å². The van der Waals surface area contributed by atoms with E-state index in [4.69, 9.17) is 4.74 Å². The Morgan fingerprint density at radius 2 is 1.68 bits per heavy atom. The predicted molar refractivity (Wildman–Crippen MR) is 155 cm³/mol. The summed E-state index contributed by atoms with van der Waals surface area (Å²) in [6.07, 6.45) is -7.17. The maximum absolute atomic E-state index is 13.3. The van der Waals surface area contributed by atoms with E-state index in [-0.39, 0.29) is 44.0 Å². The van der Waals surface area contributed by atoms with Crippen LogP contribution in [0.2, 0.25) is 0 Å². The van der Waals surface area contributed by atoms with Crippen molar-refractivity contribution in [3.05, 3.63) is 94.9 Å². The number of aromatic nitrogens is 2. The second-order valence-electron chi connectivity index (χ2n) is 10.5. The molecule has 10 nitrogen and oxygen atoms in total. The van der Waals surface area contributed by atoms with Crippen molar-refractivity contribution in [2.24, 2.45) is 5.92 Å². The van der Waals surface area contributed by atoms with Crippen molar-refractivity contribution in [1.29, 1.82) is 0 Å². The van der Waals surface area contributed by atoms with Crippen LogP contribution in [0, 0.1) is 5.92 Å². The third kappa shape index (κ3) is 10.00. The average Bonchev–Trinajstić information content (AvgIpc) is 3.04. The molecule has 0 saturated carbocycles. The quantitative estimate of drug-likeness (QED) is 0.199. The van der Waals surface area contributed by atoms with Gasteiger partial charge in [0.05, 0.1) is 18.8 Å². The fourth-order valence-corrected chi connectivity index (χ4v) is 4.64. The number of anilines is 1. The van der Waals surface area contributed by atoms with Crippen LogP contribution < -0.4 is 15.5 Å². The SMILES string of the molecule is O=C(N[C@H](COCc1ccccc1)C(=O)O)/C(=C\c1cccc(C(F)(F)F)c1)NC(=O)C1CCN(c2nccc(C(F)(F)F)n2)CC1. The van der Waals surface area contributed by atoms with Gasteiger partial charge in [-0.05, 0) is 48.2 Å². The first-order chi connectivity index (χ1) is 22.2. The highest BCUT2D eigenvalue weighted by atomic mass is 19.4. The van der Waals surface area contributed by atoms with Crippen molar-refractivity contribution in [2.45, 2.75) is 37.8 Å². The molecule has 0 bridgehead atoms. The fraction of sp³-hybridized carbons (Fsp3) is 0.323. The average molecular weight is 666 g/mol. The third-order valence-corrected chi connectivity index (χ3v) is 7.11. The lowest BCUT2D eigenvalue weighted by Gasteiger charge is -2.31. The molecule has 1 aliphatic rings. The Kier molecular flexibility index (Phi) is 11.2. The summed E-state index contributed by atoms with van der Waals surface area (Å²) in [4.78, 5) is 47.4. The first-order valence-electron chi connectivity index (χ1n) is 14.2. The molecule has 2 heterocycles. The summed E-state index contributed by atoms with van der Waals surface area (Å²) in [5, 5.41) is 14.3. The van der Waals surface area contributed by atoms with Crippen molar-refractivity contribution in [3.8, 4) is 0 Å². The normalized spacial score (nSPS) is 15.2. The van der Waals surface area contributed by atoms with E-state index >= 15 is 0 Å². The van der Waals surface area contributed by atoms with E-state index in [9.17, 15) is 45.8 Å². The molecule has 3 aromatic rings. The van der Waals surface area contributed by atoms with E-state index in [1.165, 1.54) is 11.0 Å². The number of carboxylic acids is 1. The van der Waals surface area contributed by atoms with E-state index in [0.717, 1.165) is 42.1 Å². The molecule has 1 aliphatic heterocycles. The van der Waals surface area contributed by atoms with E-state index < -0.39 is 65.7 Å². The zero-order chi connectivity index (χ0) is 34.2. The molecule has 3 N–H and O–H groups in total. The number of nitrogens with one attached hydrogen (secondary N) is 2. The summed E-state index contributed by atoms with van der Waals surface area (Å²) in [7, 11) is 0. The number of carbonyl (C=O) groups excluding carboxylic acids is 2. The lowest BCUT2D eigenvalue weighted by atomic mass is 9.96. The van der Waals surface area contributed by atoms with Crippen LogP contribution >= 0.6 is 0 Å². The summed E-state index contributed by atoms with van der Waals surface area (Å²) >= 11 is 0. The number of benzene rings is 2. The fourth-order valence-electron chi connectivity index (χ4n) is 4.64. The maximum atomic E-state index is 13.3. The van der Waals surface area contributed by atoms with Gasteiger partial charge in [0.2, 0.25) is 11.9 Å². The summed E-state index contributed by atoms with van der Waals surface area (Å²) < 4.78 is 84.7. The van der Waals surface area contributed by atoms with E-state index in [1.54, 1.807) is 30.3 Å². The Labute approximate surface area is 264 Å². The highest BCUT2D eigenvalue weighted by Crippen LogP contribution is 2.31. The number of piperidine rings is 1. The molecule has 250 valence electrons. The zero-order valence-electron chi connectivity index (χ0n) is 24.5. The Hall–Kier alpha value is -4.99. The number of carboxylic acid groups (broad SMARTS) is 1. The number of rotatable bonds is 11. The lowest BCUT2D eigenvalue weighted by Crippen LogP contribution is -2.48. The molecular formula is C31H29F6N5O5.